The second kappa shape index (κ2) is 5.89. The van der Waals surface area contributed by atoms with Crippen LogP contribution in [0.3, 0.4) is 0 Å². The largest absolute Gasteiger partial charge is 0.335 e. The molecular formula is C20H19ClFNO. The minimum Gasteiger partial charge on any atom is -0.335 e. The Hall–Kier alpha value is -1.87. The first-order valence-electron chi connectivity index (χ1n) is 8.39. The van der Waals surface area contributed by atoms with Crippen molar-refractivity contribution in [2.24, 2.45) is 5.92 Å². The number of fused-ring (bicyclic) bond motifs is 1. The van der Waals surface area contributed by atoms with E-state index in [1.54, 1.807) is 6.07 Å². The zero-order valence-corrected chi connectivity index (χ0v) is 14.3. The molecule has 0 spiro atoms. The molecule has 2 aromatic carbocycles. The van der Waals surface area contributed by atoms with Gasteiger partial charge in [0, 0.05) is 17.5 Å². The third-order valence-corrected chi connectivity index (χ3v) is 5.69. The summed E-state index contributed by atoms with van der Waals surface area (Å²) < 4.78 is 13.6. The van der Waals surface area contributed by atoms with Gasteiger partial charge in [0.2, 0.25) is 5.91 Å². The lowest BCUT2D eigenvalue weighted by atomic mass is 9.93. The van der Waals surface area contributed by atoms with Gasteiger partial charge in [-0.15, -0.1) is 0 Å². The summed E-state index contributed by atoms with van der Waals surface area (Å²) in [6.45, 7) is 2.69. The molecule has 2 nitrogen and oxygen atoms in total. The van der Waals surface area contributed by atoms with Crippen LogP contribution in [0.25, 0.3) is 0 Å². The lowest BCUT2D eigenvalue weighted by Gasteiger charge is -2.35. The summed E-state index contributed by atoms with van der Waals surface area (Å²) in [6, 6.07) is 12.6. The van der Waals surface area contributed by atoms with Gasteiger partial charge in [0.15, 0.2) is 0 Å². The Morgan fingerprint density at radius 1 is 1.21 bits per heavy atom. The molecule has 2 aliphatic rings. The highest BCUT2D eigenvalue weighted by atomic mass is 35.5. The molecule has 3 unspecified atom stereocenters. The van der Waals surface area contributed by atoms with Crippen LogP contribution < -0.4 is 0 Å². The van der Waals surface area contributed by atoms with E-state index in [2.05, 4.69) is 0 Å². The van der Waals surface area contributed by atoms with Crippen LogP contribution in [0, 0.1) is 11.7 Å². The fraction of sp³-hybridized carbons (Fsp3) is 0.350. The SMILES string of the molecule is CC1c2cc(F)ccc2CCN1C(=O)C1CC1c1ccccc1Cl. The van der Waals surface area contributed by atoms with Crippen LogP contribution in [0.15, 0.2) is 42.5 Å². The lowest BCUT2D eigenvalue weighted by molar-refractivity contribution is -0.135. The Kier molecular flexibility index (Phi) is 3.84. The van der Waals surface area contributed by atoms with Gasteiger partial charge in [-0.05, 0) is 60.6 Å². The number of rotatable bonds is 2. The van der Waals surface area contributed by atoms with Crippen molar-refractivity contribution in [3.05, 3.63) is 70.0 Å². The molecule has 1 fully saturated rings. The Balaban J connectivity index is 1.53. The van der Waals surface area contributed by atoms with Crippen molar-refractivity contribution in [2.45, 2.75) is 31.7 Å². The van der Waals surface area contributed by atoms with E-state index < -0.39 is 0 Å². The van der Waals surface area contributed by atoms with E-state index in [0.717, 1.165) is 34.6 Å². The number of hydrogen-bond donors (Lipinski definition) is 0. The molecule has 0 aromatic heterocycles. The Labute approximate surface area is 146 Å². The fourth-order valence-electron chi connectivity index (χ4n) is 3.89. The molecule has 0 radical (unpaired) electrons. The molecule has 1 aliphatic heterocycles. The van der Waals surface area contributed by atoms with Crippen molar-refractivity contribution in [1.29, 1.82) is 0 Å². The van der Waals surface area contributed by atoms with Gasteiger partial charge in [0.05, 0.1) is 6.04 Å². The normalized spacial score (nSPS) is 25.3. The third-order valence-electron chi connectivity index (χ3n) is 5.34. The van der Waals surface area contributed by atoms with Crippen LogP contribution in [-0.2, 0) is 11.2 Å². The molecule has 4 heteroatoms. The topological polar surface area (TPSA) is 20.3 Å². The molecular weight excluding hydrogens is 325 g/mol. The molecule has 3 atom stereocenters. The maximum absolute atomic E-state index is 13.6. The van der Waals surface area contributed by atoms with Crippen molar-refractivity contribution in [3.63, 3.8) is 0 Å². The maximum Gasteiger partial charge on any atom is 0.226 e. The first kappa shape index (κ1) is 15.6. The van der Waals surface area contributed by atoms with Crippen LogP contribution in [0.2, 0.25) is 5.02 Å². The number of hydrogen-bond acceptors (Lipinski definition) is 1. The van der Waals surface area contributed by atoms with Gasteiger partial charge in [0.1, 0.15) is 5.82 Å². The molecule has 0 saturated heterocycles. The van der Waals surface area contributed by atoms with Crippen molar-refractivity contribution in [1.82, 2.24) is 4.90 Å². The van der Waals surface area contributed by atoms with Crippen molar-refractivity contribution < 1.29 is 9.18 Å². The summed E-state index contributed by atoms with van der Waals surface area (Å²) in [5.41, 5.74) is 3.14. The molecule has 2 aromatic rings. The third kappa shape index (κ3) is 2.61. The minimum atomic E-state index is -0.240. The van der Waals surface area contributed by atoms with E-state index in [-0.39, 0.29) is 29.6 Å². The predicted octanol–water partition coefficient (Wildman–Crippen LogP) is 4.73. The lowest BCUT2D eigenvalue weighted by Crippen LogP contribution is -2.40. The average Bonchev–Trinajstić information content (AvgIpc) is 3.36. The van der Waals surface area contributed by atoms with E-state index in [9.17, 15) is 9.18 Å². The molecule has 1 aliphatic carbocycles. The summed E-state index contributed by atoms with van der Waals surface area (Å²) in [4.78, 5) is 14.9. The van der Waals surface area contributed by atoms with Gasteiger partial charge < -0.3 is 4.90 Å². The zero-order valence-electron chi connectivity index (χ0n) is 13.5. The van der Waals surface area contributed by atoms with Crippen molar-refractivity contribution in [3.8, 4) is 0 Å². The van der Waals surface area contributed by atoms with E-state index >= 15 is 0 Å². The molecule has 124 valence electrons. The summed E-state index contributed by atoms with van der Waals surface area (Å²) in [5, 5.41) is 0.733. The van der Waals surface area contributed by atoms with Gasteiger partial charge in [-0.1, -0.05) is 35.9 Å². The molecule has 1 heterocycles. The molecule has 1 amide bonds. The second-order valence-electron chi connectivity index (χ2n) is 6.77. The van der Waals surface area contributed by atoms with E-state index in [4.69, 9.17) is 11.6 Å². The standard InChI is InChI=1S/C20H19ClFNO/c1-12-16-10-14(22)7-6-13(16)8-9-23(12)20(24)18-11-17(18)15-4-2-3-5-19(15)21/h2-7,10,12,17-18H,8-9,11H2,1H3. The summed E-state index contributed by atoms with van der Waals surface area (Å²) in [7, 11) is 0. The van der Waals surface area contributed by atoms with E-state index in [0.29, 0.717) is 6.54 Å². The van der Waals surface area contributed by atoms with Crippen LogP contribution in [0.4, 0.5) is 4.39 Å². The molecule has 24 heavy (non-hydrogen) atoms. The van der Waals surface area contributed by atoms with Crippen LogP contribution in [0.5, 0.6) is 0 Å². The van der Waals surface area contributed by atoms with Crippen LogP contribution >= 0.6 is 11.6 Å². The maximum atomic E-state index is 13.6. The molecule has 0 bridgehead atoms. The smallest absolute Gasteiger partial charge is 0.226 e. The number of carbonyl (C=O) groups is 1. The Morgan fingerprint density at radius 2 is 2.00 bits per heavy atom. The fourth-order valence-corrected chi connectivity index (χ4v) is 4.16. The predicted molar refractivity (Wildman–Crippen MR) is 92.5 cm³/mol. The van der Waals surface area contributed by atoms with E-state index in [1.165, 1.54) is 6.07 Å². The summed E-state index contributed by atoms with van der Waals surface area (Å²) in [6.07, 6.45) is 1.64. The molecule has 0 N–H and O–H groups in total. The van der Waals surface area contributed by atoms with Crippen molar-refractivity contribution in [2.75, 3.05) is 6.54 Å². The quantitative estimate of drug-likeness (QED) is 0.772. The van der Waals surface area contributed by atoms with Gasteiger partial charge in [-0.2, -0.15) is 0 Å². The highest BCUT2D eigenvalue weighted by molar-refractivity contribution is 6.31. The Bertz CT molecular complexity index is 806. The number of benzene rings is 2. The van der Waals surface area contributed by atoms with Gasteiger partial charge >= 0.3 is 0 Å². The first-order chi connectivity index (χ1) is 11.6. The summed E-state index contributed by atoms with van der Waals surface area (Å²) >= 11 is 6.26. The monoisotopic (exact) mass is 343 g/mol. The highest BCUT2D eigenvalue weighted by Gasteiger charge is 2.47. The Morgan fingerprint density at radius 3 is 2.79 bits per heavy atom. The second-order valence-corrected chi connectivity index (χ2v) is 7.18. The van der Waals surface area contributed by atoms with Crippen LogP contribution in [0.1, 0.15) is 42.0 Å². The van der Waals surface area contributed by atoms with E-state index in [1.807, 2.05) is 42.2 Å². The van der Waals surface area contributed by atoms with Crippen molar-refractivity contribution >= 4 is 17.5 Å². The minimum absolute atomic E-state index is 0.00228. The number of nitrogens with zero attached hydrogens (tertiary/aromatic N) is 1. The number of halogens is 2. The van der Waals surface area contributed by atoms with Gasteiger partial charge in [0.25, 0.3) is 0 Å². The molecule has 4 rings (SSSR count). The molecule has 1 saturated carbocycles. The number of carbonyl (C=O) groups excluding carboxylic acids is 1. The summed E-state index contributed by atoms with van der Waals surface area (Å²) in [5.74, 6) is 0.146. The average molecular weight is 344 g/mol. The first-order valence-corrected chi connectivity index (χ1v) is 8.77. The highest BCUT2D eigenvalue weighted by Crippen LogP contribution is 2.51. The van der Waals surface area contributed by atoms with Gasteiger partial charge in [-0.3, -0.25) is 4.79 Å². The van der Waals surface area contributed by atoms with Crippen LogP contribution in [-0.4, -0.2) is 17.4 Å². The zero-order chi connectivity index (χ0) is 16.8. The van der Waals surface area contributed by atoms with Gasteiger partial charge in [-0.25, -0.2) is 4.39 Å². The number of amides is 1.